The highest BCUT2D eigenvalue weighted by Crippen LogP contribution is 2.40. The van der Waals surface area contributed by atoms with Crippen molar-refractivity contribution in [3.05, 3.63) is 77.3 Å². The number of hydrogen-bond donors (Lipinski definition) is 3. The lowest BCUT2D eigenvalue weighted by Gasteiger charge is -2.37. The third kappa shape index (κ3) is 5.10. The average molecular weight is 448 g/mol. The number of para-hydroxylation sites is 2. The van der Waals surface area contributed by atoms with Crippen molar-refractivity contribution < 1.29 is 19.4 Å². The van der Waals surface area contributed by atoms with E-state index in [0.717, 1.165) is 28.6 Å². The highest BCUT2D eigenvalue weighted by Gasteiger charge is 2.34. The number of aliphatic hydroxyl groups is 1. The molecule has 0 spiro atoms. The number of aromatic amines is 1. The van der Waals surface area contributed by atoms with Crippen LogP contribution in [0.2, 0.25) is 0 Å². The number of H-pyrrole nitrogens is 1. The second kappa shape index (κ2) is 9.77. The number of carbonyl (C=O) groups excluding carboxylic acids is 1. The molecule has 1 aliphatic heterocycles. The Morgan fingerprint density at radius 1 is 1.15 bits per heavy atom. The average Bonchev–Trinajstić information content (AvgIpc) is 3.23. The first-order valence-corrected chi connectivity index (χ1v) is 11.6. The molecule has 5 rings (SSSR count). The van der Waals surface area contributed by atoms with Gasteiger partial charge in [0.15, 0.2) is 5.76 Å². The van der Waals surface area contributed by atoms with Gasteiger partial charge in [0.25, 0.3) is 5.91 Å². The SMILES string of the molecule is O=C(NCc1nc2ccccc2[nH]1)C1=C[C@@H](C2CCC2)C[C@@H](OCc2ccc(CO)cc2)O1. The van der Waals surface area contributed by atoms with E-state index >= 15 is 0 Å². The summed E-state index contributed by atoms with van der Waals surface area (Å²) in [6.45, 7) is 0.708. The Morgan fingerprint density at radius 3 is 2.67 bits per heavy atom. The maximum atomic E-state index is 12.9. The minimum absolute atomic E-state index is 0.0211. The van der Waals surface area contributed by atoms with Crippen molar-refractivity contribution in [2.75, 3.05) is 0 Å². The molecule has 1 fully saturated rings. The van der Waals surface area contributed by atoms with E-state index in [2.05, 4.69) is 15.3 Å². The van der Waals surface area contributed by atoms with Crippen LogP contribution in [-0.2, 0) is 34.0 Å². The molecule has 1 aliphatic carbocycles. The Hall–Kier alpha value is -3.16. The van der Waals surface area contributed by atoms with Crippen LogP contribution in [0.5, 0.6) is 0 Å². The zero-order valence-electron chi connectivity index (χ0n) is 18.5. The highest BCUT2D eigenvalue weighted by atomic mass is 16.7. The van der Waals surface area contributed by atoms with Crippen LogP contribution >= 0.6 is 0 Å². The number of aliphatic hydroxyl groups excluding tert-OH is 1. The van der Waals surface area contributed by atoms with Crippen LogP contribution in [0.1, 0.15) is 42.6 Å². The third-order valence-corrected chi connectivity index (χ3v) is 6.56. The van der Waals surface area contributed by atoms with Gasteiger partial charge in [-0.3, -0.25) is 4.79 Å². The number of nitrogens with zero attached hydrogens (tertiary/aromatic N) is 1. The molecule has 1 saturated carbocycles. The summed E-state index contributed by atoms with van der Waals surface area (Å²) < 4.78 is 12.0. The van der Waals surface area contributed by atoms with Crippen LogP contribution in [0.3, 0.4) is 0 Å². The number of imidazole rings is 1. The molecule has 2 aliphatic rings. The fourth-order valence-corrected chi connectivity index (χ4v) is 4.41. The lowest BCUT2D eigenvalue weighted by Crippen LogP contribution is -2.36. The number of aromatic nitrogens is 2. The summed E-state index contributed by atoms with van der Waals surface area (Å²) in [6.07, 6.45) is 5.87. The number of allylic oxidation sites excluding steroid dienone is 1. The van der Waals surface area contributed by atoms with Crippen LogP contribution in [0.25, 0.3) is 11.0 Å². The lowest BCUT2D eigenvalue weighted by molar-refractivity contribution is -0.156. The van der Waals surface area contributed by atoms with Crippen molar-refractivity contribution in [3.63, 3.8) is 0 Å². The van der Waals surface area contributed by atoms with Crippen LogP contribution < -0.4 is 5.32 Å². The van der Waals surface area contributed by atoms with Crippen molar-refractivity contribution >= 4 is 16.9 Å². The summed E-state index contributed by atoms with van der Waals surface area (Å²) >= 11 is 0. The summed E-state index contributed by atoms with van der Waals surface area (Å²) in [6, 6.07) is 15.4. The summed E-state index contributed by atoms with van der Waals surface area (Å²) in [4.78, 5) is 20.7. The third-order valence-electron chi connectivity index (χ3n) is 6.56. The van der Waals surface area contributed by atoms with E-state index in [9.17, 15) is 9.90 Å². The summed E-state index contributed by atoms with van der Waals surface area (Å²) in [5, 5.41) is 12.1. The van der Waals surface area contributed by atoms with Crippen molar-refractivity contribution in [1.82, 2.24) is 15.3 Å². The molecule has 3 aromatic rings. The molecule has 0 bridgehead atoms. The molecule has 0 unspecified atom stereocenters. The van der Waals surface area contributed by atoms with E-state index in [-0.39, 0.29) is 18.4 Å². The topological polar surface area (TPSA) is 96.5 Å². The van der Waals surface area contributed by atoms with Crippen molar-refractivity contribution in [1.29, 1.82) is 0 Å². The summed E-state index contributed by atoms with van der Waals surface area (Å²) in [5.74, 6) is 1.65. The van der Waals surface area contributed by atoms with Gasteiger partial charge < -0.3 is 24.9 Å². The fraction of sp³-hybridized carbons (Fsp3) is 0.385. The standard InChI is InChI=1S/C26H29N3O4/c30-15-17-8-10-18(11-9-17)16-32-25-13-20(19-4-3-5-19)12-23(33-25)26(31)27-14-24-28-21-6-1-2-7-22(21)29-24/h1-2,6-12,19-20,25,30H,3-5,13-16H2,(H,27,31)(H,28,29)/t20-,25+/m1/s1. The molecule has 172 valence electrons. The molecule has 2 aromatic carbocycles. The summed E-state index contributed by atoms with van der Waals surface area (Å²) in [5.41, 5.74) is 3.69. The first-order valence-electron chi connectivity index (χ1n) is 11.6. The molecule has 0 saturated heterocycles. The van der Waals surface area contributed by atoms with Gasteiger partial charge in [-0.05, 0) is 54.0 Å². The number of benzene rings is 2. The first-order chi connectivity index (χ1) is 16.2. The van der Waals surface area contributed by atoms with Gasteiger partial charge in [-0.1, -0.05) is 42.8 Å². The van der Waals surface area contributed by atoms with E-state index in [0.29, 0.717) is 30.7 Å². The molecule has 3 N–H and O–H groups in total. The first kappa shape index (κ1) is 21.7. The molecular formula is C26H29N3O4. The molecule has 1 aromatic heterocycles. The second-order valence-electron chi connectivity index (χ2n) is 8.84. The van der Waals surface area contributed by atoms with Crippen molar-refractivity contribution in [2.45, 2.75) is 51.7 Å². The Morgan fingerprint density at radius 2 is 1.94 bits per heavy atom. The van der Waals surface area contributed by atoms with E-state index < -0.39 is 6.29 Å². The van der Waals surface area contributed by atoms with E-state index in [4.69, 9.17) is 9.47 Å². The predicted molar refractivity (Wildman–Crippen MR) is 123 cm³/mol. The quantitative estimate of drug-likeness (QED) is 0.486. The fourth-order valence-electron chi connectivity index (χ4n) is 4.41. The van der Waals surface area contributed by atoms with Crippen molar-refractivity contribution in [3.8, 4) is 0 Å². The molecular weight excluding hydrogens is 418 g/mol. The molecule has 0 radical (unpaired) electrons. The number of ether oxygens (including phenoxy) is 2. The molecule has 7 heteroatoms. The Balaban J connectivity index is 1.22. The number of hydrogen-bond acceptors (Lipinski definition) is 5. The highest BCUT2D eigenvalue weighted by molar-refractivity contribution is 5.91. The zero-order valence-corrected chi connectivity index (χ0v) is 18.5. The molecule has 2 atom stereocenters. The minimum Gasteiger partial charge on any atom is -0.459 e. The number of rotatable bonds is 8. The number of nitrogens with one attached hydrogen (secondary N) is 2. The Labute approximate surface area is 192 Å². The lowest BCUT2D eigenvalue weighted by atomic mass is 9.73. The predicted octanol–water partition coefficient (Wildman–Crippen LogP) is 3.93. The van der Waals surface area contributed by atoms with Crippen LogP contribution in [0.4, 0.5) is 0 Å². The van der Waals surface area contributed by atoms with Crippen LogP contribution in [-0.4, -0.2) is 27.3 Å². The van der Waals surface area contributed by atoms with Gasteiger partial charge in [-0.2, -0.15) is 0 Å². The van der Waals surface area contributed by atoms with Crippen LogP contribution in [0.15, 0.2) is 60.4 Å². The monoisotopic (exact) mass is 447 g/mol. The normalized spacial score (nSPS) is 20.7. The minimum atomic E-state index is -0.468. The number of carbonyl (C=O) groups is 1. The summed E-state index contributed by atoms with van der Waals surface area (Å²) in [7, 11) is 0. The zero-order chi connectivity index (χ0) is 22.6. The van der Waals surface area contributed by atoms with Gasteiger partial charge in [-0.25, -0.2) is 4.98 Å². The smallest absolute Gasteiger partial charge is 0.286 e. The largest absolute Gasteiger partial charge is 0.459 e. The number of amides is 1. The molecule has 33 heavy (non-hydrogen) atoms. The molecule has 2 heterocycles. The maximum absolute atomic E-state index is 12.9. The molecule has 1 amide bonds. The van der Waals surface area contributed by atoms with Gasteiger partial charge in [0, 0.05) is 6.42 Å². The number of fused-ring (bicyclic) bond motifs is 1. The Kier molecular flexibility index (Phi) is 6.41. The van der Waals surface area contributed by atoms with Gasteiger partial charge in [0.2, 0.25) is 6.29 Å². The van der Waals surface area contributed by atoms with E-state index in [1.54, 1.807) is 0 Å². The van der Waals surface area contributed by atoms with E-state index in [1.165, 1.54) is 19.3 Å². The second-order valence-corrected chi connectivity index (χ2v) is 8.84. The van der Waals surface area contributed by atoms with Crippen LogP contribution in [0, 0.1) is 11.8 Å². The molecule has 7 nitrogen and oxygen atoms in total. The van der Waals surface area contributed by atoms with Gasteiger partial charge in [0.05, 0.1) is 30.8 Å². The van der Waals surface area contributed by atoms with E-state index in [1.807, 2.05) is 54.6 Å². The van der Waals surface area contributed by atoms with Gasteiger partial charge >= 0.3 is 0 Å². The Bertz CT molecular complexity index is 1100. The van der Waals surface area contributed by atoms with Gasteiger partial charge in [0.1, 0.15) is 5.82 Å². The van der Waals surface area contributed by atoms with Gasteiger partial charge in [-0.15, -0.1) is 0 Å². The maximum Gasteiger partial charge on any atom is 0.286 e. The van der Waals surface area contributed by atoms with Crippen molar-refractivity contribution in [2.24, 2.45) is 11.8 Å².